The molecule has 2 fully saturated rings. The van der Waals surface area contributed by atoms with Crippen LogP contribution in [0.15, 0.2) is 30.3 Å². The monoisotopic (exact) mass is 428 g/mol. The van der Waals surface area contributed by atoms with Crippen LogP contribution in [0.4, 0.5) is 4.79 Å². The van der Waals surface area contributed by atoms with Crippen LogP contribution in [0.1, 0.15) is 77.7 Å². The summed E-state index contributed by atoms with van der Waals surface area (Å²) in [6, 6.07) is 11.0. The lowest BCUT2D eigenvalue weighted by atomic mass is 9.80. The van der Waals surface area contributed by atoms with Crippen LogP contribution < -0.4 is 0 Å². The van der Waals surface area contributed by atoms with E-state index in [1.165, 1.54) is 5.56 Å². The molecule has 1 aromatic carbocycles. The molecule has 0 aromatic heterocycles. The van der Waals surface area contributed by atoms with Crippen LogP contribution in [-0.4, -0.2) is 53.6 Å². The number of amides is 2. The van der Waals surface area contributed by atoms with Crippen molar-refractivity contribution in [2.75, 3.05) is 20.1 Å². The number of carbonyl (C=O) groups is 2. The van der Waals surface area contributed by atoms with Crippen LogP contribution in [0.25, 0.3) is 0 Å². The predicted octanol–water partition coefficient (Wildman–Crippen LogP) is 5.45. The molecule has 3 rings (SSSR count). The summed E-state index contributed by atoms with van der Waals surface area (Å²) in [7, 11) is 1.81. The average molecular weight is 429 g/mol. The number of rotatable bonds is 4. The van der Waals surface area contributed by atoms with Gasteiger partial charge in [0, 0.05) is 32.1 Å². The Bertz CT molecular complexity index is 735. The first kappa shape index (κ1) is 23.6. The van der Waals surface area contributed by atoms with Gasteiger partial charge in [0.25, 0.3) is 0 Å². The topological polar surface area (TPSA) is 49.9 Å². The van der Waals surface area contributed by atoms with E-state index >= 15 is 0 Å². The van der Waals surface area contributed by atoms with E-state index in [1.807, 2.05) is 27.8 Å². The Hall–Kier alpha value is -2.04. The molecule has 5 nitrogen and oxygen atoms in total. The molecule has 1 aliphatic heterocycles. The van der Waals surface area contributed by atoms with Crippen molar-refractivity contribution >= 4 is 12.0 Å². The van der Waals surface area contributed by atoms with Gasteiger partial charge in [-0.25, -0.2) is 4.79 Å². The van der Waals surface area contributed by atoms with Gasteiger partial charge in [-0.2, -0.15) is 0 Å². The quantitative estimate of drug-likeness (QED) is 0.640. The summed E-state index contributed by atoms with van der Waals surface area (Å²) in [4.78, 5) is 29.3. The lowest BCUT2D eigenvalue weighted by Gasteiger charge is -2.41. The first-order valence-corrected chi connectivity index (χ1v) is 11.9. The maximum atomic E-state index is 13.2. The van der Waals surface area contributed by atoms with Gasteiger partial charge in [-0.05, 0) is 83.6 Å². The molecular weight excluding hydrogens is 388 g/mol. The summed E-state index contributed by atoms with van der Waals surface area (Å²) in [5.74, 6) is 1.49. The molecule has 2 amide bonds. The highest BCUT2D eigenvalue weighted by Crippen LogP contribution is 2.35. The predicted molar refractivity (Wildman–Crippen MR) is 124 cm³/mol. The van der Waals surface area contributed by atoms with Gasteiger partial charge in [-0.3, -0.25) is 4.79 Å². The number of carbonyl (C=O) groups excluding carboxylic acids is 2. The maximum Gasteiger partial charge on any atom is 0.410 e. The van der Waals surface area contributed by atoms with Crippen LogP contribution in [0.5, 0.6) is 0 Å². The fraction of sp³-hybridized carbons (Fsp3) is 0.692. The van der Waals surface area contributed by atoms with E-state index in [1.54, 1.807) is 4.90 Å². The van der Waals surface area contributed by atoms with E-state index in [2.05, 4.69) is 42.2 Å². The number of likely N-dealkylation sites (tertiary alicyclic amines) is 1. The number of benzene rings is 1. The number of hydrogen-bond donors (Lipinski definition) is 0. The summed E-state index contributed by atoms with van der Waals surface area (Å²) in [6.45, 7) is 9.43. The van der Waals surface area contributed by atoms with E-state index < -0.39 is 5.60 Å². The minimum Gasteiger partial charge on any atom is -0.444 e. The average Bonchev–Trinajstić information content (AvgIpc) is 2.73. The lowest BCUT2D eigenvalue weighted by molar-refractivity contribution is -0.140. The highest BCUT2D eigenvalue weighted by Gasteiger charge is 2.35. The van der Waals surface area contributed by atoms with Crippen molar-refractivity contribution in [3.05, 3.63) is 35.9 Å². The van der Waals surface area contributed by atoms with Gasteiger partial charge >= 0.3 is 6.09 Å². The van der Waals surface area contributed by atoms with E-state index in [9.17, 15) is 9.59 Å². The summed E-state index contributed by atoms with van der Waals surface area (Å²) in [6.07, 6.45) is 5.69. The fourth-order valence-electron chi connectivity index (χ4n) is 5.16. The van der Waals surface area contributed by atoms with Gasteiger partial charge < -0.3 is 14.5 Å². The molecule has 2 unspecified atom stereocenters. The maximum absolute atomic E-state index is 13.2. The third-order valence-corrected chi connectivity index (χ3v) is 6.86. The van der Waals surface area contributed by atoms with Crippen molar-refractivity contribution in [3.8, 4) is 0 Å². The SMILES string of the molecule is CC1CC(c2ccccc2)CCN1C(=O)C1CCC(CN(C)C(=O)OC(C)(C)C)CC1. The van der Waals surface area contributed by atoms with E-state index in [0.717, 1.165) is 45.1 Å². The van der Waals surface area contributed by atoms with Gasteiger partial charge in [-0.1, -0.05) is 30.3 Å². The molecule has 0 spiro atoms. The van der Waals surface area contributed by atoms with Gasteiger partial charge in [0.2, 0.25) is 5.91 Å². The Morgan fingerprint density at radius 2 is 1.71 bits per heavy atom. The molecule has 0 bridgehead atoms. The zero-order valence-corrected chi connectivity index (χ0v) is 20.0. The number of hydrogen-bond acceptors (Lipinski definition) is 3. The van der Waals surface area contributed by atoms with Gasteiger partial charge in [-0.15, -0.1) is 0 Å². The Morgan fingerprint density at radius 1 is 1.06 bits per heavy atom. The van der Waals surface area contributed by atoms with E-state index in [0.29, 0.717) is 30.3 Å². The zero-order chi connectivity index (χ0) is 22.6. The molecule has 0 N–H and O–H groups in total. The fourth-order valence-corrected chi connectivity index (χ4v) is 5.16. The minimum absolute atomic E-state index is 0.138. The van der Waals surface area contributed by atoms with Crippen molar-refractivity contribution in [1.82, 2.24) is 9.80 Å². The normalized spacial score (nSPS) is 26.9. The van der Waals surface area contributed by atoms with Crippen LogP contribution in [0.3, 0.4) is 0 Å². The van der Waals surface area contributed by atoms with Crippen molar-refractivity contribution in [3.63, 3.8) is 0 Å². The molecule has 0 radical (unpaired) electrons. The van der Waals surface area contributed by atoms with Crippen molar-refractivity contribution in [2.45, 2.75) is 83.8 Å². The zero-order valence-electron chi connectivity index (χ0n) is 20.0. The lowest BCUT2D eigenvalue weighted by Crippen LogP contribution is -2.47. The molecule has 2 aliphatic rings. The van der Waals surface area contributed by atoms with Crippen molar-refractivity contribution in [2.24, 2.45) is 11.8 Å². The third-order valence-electron chi connectivity index (χ3n) is 6.86. The van der Waals surface area contributed by atoms with E-state index in [-0.39, 0.29) is 12.0 Å². The molecule has 1 aromatic rings. The van der Waals surface area contributed by atoms with Crippen LogP contribution in [0, 0.1) is 11.8 Å². The molecule has 172 valence electrons. The highest BCUT2D eigenvalue weighted by atomic mass is 16.6. The molecule has 5 heteroatoms. The number of nitrogens with zero attached hydrogens (tertiary/aromatic N) is 2. The minimum atomic E-state index is -0.472. The summed E-state index contributed by atoms with van der Waals surface area (Å²) in [5.41, 5.74) is 0.927. The van der Waals surface area contributed by atoms with Crippen LogP contribution in [0.2, 0.25) is 0 Å². The van der Waals surface area contributed by atoms with E-state index in [4.69, 9.17) is 4.74 Å². The van der Waals surface area contributed by atoms with Crippen LogP contribution >= 0.6 is 0 Å². The summed E-state index contributed by atoms with van der Waals surface area (Å²) >= 11 is 0. The Kier molecular flexibility index (Phi) is 7.66. The first-order valence-electron chi connectivity index (χ1n) is 11.9. The van der Waals surface area contributed by atoms with Crippen molar-refractivity contribution < 1.29 is 14.3 Å². The number of piperidine rings is 1. The standard InChI is InChI=1S/C26H40N2O3/c1-19-17-23(21-9-7-6-8-10-21)15-16-28(19)24(29)22-13-11-20(12-14-22)18-27(5)25(30)31-26(2,3)4/h6-10,19-20,22-23H,11-18H2,1-5H3. The molecule has 1 aliphatic carbocycles. The second kappa shape index (κ2) is 10.1. The van der Waals surface area contributed by atoms with Gasteiger partial charge in [0.15, 0.2) is 0 Å². The van der Waals surface area contributed by atoms with Crippen molar-refractivity contribution in [1.29, 1.82) is 0 Å². The highest BCUT2D eigenvalue weighted by molar-refractivity contribution is 5.79. The van der Waals surface area contributed by atoms with Gasteiger partial charge in [0.05, 0.1) is 0 Å². The Labute approximate surface area is 188 Å². The Balaban J connectivity index is 1.45. The molecular formula is C26H40N2O3. The number of ether oxygens (including phenoxy) is 1. The molecule has 31 heavy (non-hydrogen) atoms. The summed E-state index contributed by atoms with van der Waals surface area (Å²) < 4.78 is 5.46. The van der Waals surface area contributed by atoms with Crippen LogP contribution in [-0.2, 0) is 9.53 Å². The second-order valence-corrected chi connectivity index (χ2v) is 10.6. The molecule has 2 atom stereocenters. The van der Waals surface area contributed by atoms with Gasteiger partial charge in [0.1, 0.15) is 5.60 Å². The smallest absolute Gasteiger partial charge is 0.410 e. The molecule has 1 heterocycles. The molecule has 1 saturated carbocycles. The largest absolute Gasteiger partial charge is 0.444 e. The third kappa shape index (κ3) is 6.47. The summed E-state index contributed by atoms with van der Waals surface area (Å²) in [5, 5.41) is 0. The second-order valence-electron chi connectivity index (χ2n) is 10.6. The first-order chi connectivity index (χ1) is 14.6. The Morgan fingerprint density at radius 3 is 2.29 bits per heavy atom. The molecule has 1 saturated heterocycles.